The van der Waals surface area contributed by atoms with Gasteiger partial charge in [0.25, 0.3) is 0 Å². The van der Waals surface area contributed by atoms with Crippen molar-refractivity contribution >= 4 is 33.2 Å². The van der Waals surface area contributed by atoms with Crippen LogP contribution in [0.2, 0.25) is 5.02 Å². The summed E-state index contributed by atoms with van der Waals surface area (Å²) in [5.74, 6) is -0.305. The van der Waals surface area contributed by atoms with Gasteiger partial charge in [0.1, 0.15) is 4.90 Å². The van der Waals surface area contributed by atoms with Gasteiger partial charge in [-0.1, -0.05) is 25.4 Å². The van der Waals surface area contributed by atoms with E-state index in [1.807, 2.05) is 0 Å². The van der Waals surface area contributed by atoms with E-state index in [0.29, 0.717) is 31.6 Å². The van der Waals surface area contributed by atoms with Crippen molar-refractivity contribution in [3.8, 4) is 0 Å². The van der Waals surface area contributed by atoms with Crippen molar-refractivity contribution in [2.24, 2.45) is 5.73 Å². The van der Waals surface area contributed by atoms with Crippen LogP contribution in [0.5, 0.6) is 0 Å². The molecule has 1 saturated carbocycles. The monoisotopic (exact) mass is 345 g/mol. The first kappa shape index (κ1) is 17.2. The van der Waals surface area contributed by atoms with Gasteiger partial charge in [-0.05, 0) is 31.0 Å². The number of hydrogen-bond acceptors (Lipinski definition) is 4. The van der Waals surface area contributed by atoms with E-state index >= 15 is 0 Å². The molecule has 3 N–H and O–H groups in total. The molecule has 0 aromatic heterocycles. The molecule has 2 rings (SSSR count). The number of halogens is 1. The van der Waals surface area contributed by atoms with Crippen molar-refractivity contribution in [3.63, 3.8) is 0 Å². The molecule has 1 aliphatic carbocycles. The lowest BCUT2D eigenvalue weighted by Gasteiger charge is -2.20. The highest BCUT2D eigenvalue weighted by atomic mass is 35.5. The largest absolute Gasteiger partial charge is 0.324 e. The molecule has 1 amide bonds. The summed E-state index contributed by atoms with van der Waals surface area (Å²) < 4.78 is 26.4. The van der Waals surface area contributed by atoms with Gasteiger partial charge >= 0.3 is 0 Å². The van der Waals surface area contributed by atoms with Gasteiger partial charge in [-0.25, -0.2) is 8.42 Å². The van der Waals surface area contributed by atoms with Crippen LogP contribution in [-0.4, -0.2) is 37.3 Å². The topological polar surface area (TPSA) is 92.5 Å². The molecule has 0 spiro atoms. The van der Waals surface area contributed by atoms with Gasteiger partial charge in [0, 0.05) is 18.8 Å². The van der Waals surface area contributed by atoms with Crippen LogP contribution < -0.4 is 11.1 Å². The maximum absolute atomic E-state index is 12.6. The number of sulfonamides is 1. The zero-order valence-electron chi connectivity index (χ0n) is 12.6. The van der Waals surface area contributed by atoms with Crippen LogP contribution in [-0.2, 0) is 14.8 Å². The molecule has 1 aliphatic rings. The van der Waals surface area contributed by atoms with Crippen molar-refractivity contribution in [3.05, 3.63) is 23.2 Å². The molecule has 1 fully saturated rings. The van der Waals surface area contributed by atoms with Crippen molar-refractivity contribution in [2.75, 3.05) is 18.4 Å². The Morgan fingerprint density at radius 3 is 2.45 bits per heavy atom. The molecule has 0 radical (unpaired) electrons. The standard InChI is InChI=1S/C14H20ClN3O3S/c1-3-18(4-2)22(20,21)12-9-10(5-6-11(12)15)17-13(19)14(16)7-8-14/h5-6,9H,3-4,7-8,16H2,1-2H3,(H,17,19). The van der Waals surface area contributed by atoms with E-state index in [1.54, 1.807) is 19.9 Å². The molecule has 0 heterocycles. The van der Waals surface area contributed by atoms with E-state index in [9.17, 15) is 13.2 Å². The van der Waals surface area contributed by atoms with E-state index in [4.69, 9.17) is 17.3 Å². The number of anilines is 1. The highest BCUT2D eigenvalue weighted by Crippen LogP contribution is 2.34. The summed E-state index contributed by atoms with van der Waals surface area (Å²) in [6, 6.07) is 4.40. The molecule has 8 heteroatoms. The average molecular weight is 346 g/mol. The minimum atomic E-state index is -3.69. The van der Waals surface area contributed by atoms with Crippen molar-refractivity contribution in [1.82, 2.24) is 4.31 Å². The SMILES string of the molecule is CCN(CC)S(=O)(=O)c1cc(NC(=O)C2(N)CC2)ccc1Cl. The van der Waals surface area contributed by atoms with Gasteiger partial charge in [0.15, 0.2) is 0 Å². The first-order valence-corrected chi connectivity index (χ1v) is 8.96. The summed E-state index contributed by atoms with van der Waals surface area (Å²) in [6.07, 6.45) is 1.27. The summed E-state index contributed by atoms with van der Waals surface area (Å²) in [6.45, 7) is 4.20. The van der Waals surface area contributed by atoms with Gasteiger partial charge in [-0.15, -0.1) is 0 Å². The van der Waals surface area contributed by atoms with Gasteiger partial charge in [0.2, 0.25) is 15.9 Å². The Morgan fingerprint density at radius 1 is 1.36 bits per heavy atom. The first-order chi connectivity index (χ1) is 10.2. The predicted molar refractivity (Wildman–Crippen MR) is 86.3 cm³/mol. The van der Waals surface area contributed by atoms with Gasteiger partial charge in [-0.3, -0.25) is 4.79 Å². The Kier molecular flexibility index (Phi) is 4.81. The Bertz CT molecular complexity index is 683. The molecule has 0 saturated heterocycles. The third kappa shape index (κ3) is 3.27. The Hall–Kier alpha value is -1.15. The number of amides is 1. The zero-order chi connectivity index (χ0) is 16.5. The van der Waals surface area contributed by atoms with Crippen LogP contribution in [0.25, 0.3) is 0 Å². The molecule has 1 aromatic carbocycles. The van der Waals surface area contributed by atoms with Gasteiger partial charge in [-0.2, -0.15) is 4.31 Å². The number of hydrogen-bond donors (Lipinski definition) is 2. The van der Waals surface area contributed by atoms with Crippen molar-refractivity contribution in [2.45, 2.75) is 37.1 Å². The van der Waals surface area contributed by atoms with E-state index in [0.717, 1.165) is 0 Å². The summed E-state index contributed by atoms with van der Waals surface area (Å²) in [5, 5.41) is 2.78. The lowest BCUT2D eigenvalue weighted by atomic mass is 10.2. The van der Waals surface area contributed by atoms with Crippen LogP contribution in [0.1, 0.15) is 26.7 Å². The molecule has 1 aromatic rings. The smallest absolute Gasteiger partial charge is 0.244 e. The second-order valence-electron chi connectivity index (χ2n) is 5.34. The zero-order valence-corrected chi connectivity index (χ0v) is 14.2. The van der Waals surface area contributed by atoms with E-state index < -0.39 is 15.6 Å². The van der Waals surface area contributed by atoms with Crippen LogP contribution >= 0.6 is 11.6 Å². The van der Waals surface area contributed by atoms with E-state index in [-0.39, 0.29) is 15.8 Å². The summed E-state index contributed by atoms with van der Waals surface area (Å²) in [7, 11) is -3.69. The first-order valence-electron chi connectivity index (χ1n) is 7.14. The number of rotatable bonds is 6. The quantitative estimate of drug-likeness (QED) is 0.822. The van der Waals surface area contributed by atoms with E-state index in [1.165, 1.54) is 16.4 Å². The number of benzene rings is 1. The van der Waals surface area contributed by atoms with Gasteiger partial charge in [0.05, 0.1) is 10.6 Å². The van der Waals surface area contributed by atoms with Crippen LogP contribution in [0.4, 0.5) is 5.69 Å². The normalized spacial score (nSPS) is 16.6. The highest BCUT2D eigenvalue weighted by Gasteiger charge is 2.46. The lowest BCUT2D eigenvalue weighted by Crippen LogP contribution is -2.37. The van der Waals surface area contributed by atoms with Gasteiger partial charge < -0.3 is 11.1 Å². The number of carbonyl (C=O) groups excluding carboxylic acids is 1. The average Bonchev–Trinajstić information content (AvgIpc) is 3.21. The highest BCUT2D eigenvalue weighted by molar-refractivity contribution is 7.89. The maximum Gasteiger partial charge on any atom is 0.244 e. The third-order valence-corrected chi connectivity index (χ3v) is 6.28. The maximum atomic E-state index is 12.6. The minimum Gasteiger partial charge on any atom is -0.324 e. The van der Waals surface area contributed by atoms with E-state index in [2.05, 4.69) is 5.32 Å². The number of nitrogens with zero attached hydrogens (tertiary/aromatic N) is 1. The number of nitrogens with two attached hydrogens (primary N) is 1. The van der Waals surface area contributed by atoms with Crippen LogP contribution in [0.15, 0.2) is 23.1 Å². The molecule has 0 bridgehead atoms. The molecular weight excluding hydrogens is 326 g/mol. The molecular formula is C14H20ClN3O3S. The van der Waals surface area contributed by atoms with Crippen molar-refractivity contribution in [1.29, 1.82) is 0 Å². The summed E-state index contributed by atoms with van der Waals surface area (Å²) >= 11 is 6.03. The lowest BCUT2D eigenvalue weighted by molar-refractivity contribution is -0.118. The fourth-order valence-electron chi connectivity index (χ4n) is 2.10. The molecule has 0 aliphatic heterocycles. The molecule has 122 valence electrons. The number of nitrogens with one attached hydrogen (secondary N) is 1. The Morgan fingerprint density at radius 2 is 1.95 bits per heavy atom. The molecule has 22 heavy (non-hydrogen) atoms. The minimum absolute atomic E-state index is 0.0162. The Labute approximate surface area is 135 Å². The second-order valence-corrected chi connectivity index (χ2v) is 7.66. The van der Waals surface area contributed by atoms with Crippen LogP contribution in [0.3, 0.4) is 0 Å². The number of carbonyl (C=O) groups is 1. The predicted octanol–water partition coefficient (Wildman–Crippen LogP) is 1.80. The fraction of sp³-hybridized carbons (Fsp3) is 0.500. The Balaban J connectivity index is 2.33. The summed E-state index contributed by atoms with van der Waals surface area (Å²) in [4.78, 5) is 11.9. The third-order valence-electron chi connectivity index (χ3n) is 3.75. The molecule has 6 nitrogen and oxygen atoms in total. The second kappa shape index (κ2) is 6.16. The fourth-order valence-corrected chi connectivity index (χ4v) is 4.06. The molecule has 0 unspecified atom stereocenters. The van der Waals surface area contributed by atoms with Crippen molar-refractivity contribution < 1.29 is 13.2 Å². The van der Waals surface area contributed by atoms with Crippen LogP contribution in [0, 0.1) is 0 Å². The molecule has 0 atom stereocenters. The summed E-state index contributed by atoms with van der Waals surface area (Å²) in [5.41, 5.74) is 5.37.